The number of rotatable bonds is 8. The molecular formula is C12H28N2O. The highest BCUT2D eigenvalue weighted by atomic mass is 16.5. The van der Waals surface area contributed by atoms with Crippen molar-refractivity contribution in [2.75, 3.05) is 26.8 Å². The van der Waals surface area contributed by atoms with Crippen LogP contribution in [0.2, 0.25) is 0 Å². The topological polar surface area (TPSA) is 47.3 Å². The van der Waals surface area contributed by atoms with E-state index in [1.165, 1.54) is 6.42 Å². The standard InChI is InChI=1S/C12H28N2O/c1-12(2,3)7-9-14-11(10-15-4)6-5-8-13/h11,14H,5-10,13H2,1-4H3. The molecule has 0 saturated carbocycles. The fraction of sp³-hybridized carbons (Fsp3) is 1.00. The Bertz CT molecular complexity index is 143. The lowest BCUT2D eigenvalue weighted by atomic mass is 9.92. The van der Waals surface area contributed by atoms with Crippen molar-refractivity contribution in [1.29, 1.82) is 0 Å². The van der Waals surface area contributed by atoms with Gasteiger partial charge in [0.1, 0.15) is 0 Å². The van der Waals surface area contributed by atoms with Gasteiger partial charge in [-0.2, -0.15) is 0 Å². The largest absolute Gasteiger partial charge is 0.383 e. The van der Waals surface area contributed by atoms with Crippen molar-refractivity contribution in [1.82, 2.24) is 5.32 Å². The molecule has 0 saturated heterocycles. The van der Waals surface area contributed by atoms with Crippen LogP contribution < -0.4 is 11.1 Å². The molecule has 0 bridgehead atoms. The minimum absolute atomic E-state index is 0.401. The summed E-state index contributed by atoms with van der Waals surface area (Å²) in [5.74, 6) is 0. The van der Waals surface area contributed by atoms with Gasteiger partial charge in [-0.25, -0.2) is 0 Å². The summed E-state index contributed by atoms with van der Waals surface area (Å²) in [6.07, 6.45) is 3.36. The zero-order valence-electron chi connectivity index (χ0n) is 10.8. The van der Waals surface area contributed by atoms with Crippen LogP contribution in [0.3, 0.4) is 0 Å². The van der Waals surface area contributed by atoms with Crippen molar-refractivity contribution < 1.29 is 4.74 Å². The zero-order chi connectivity index (χ0) is 11.7. The predicted octanol–water partition coefficient (Wildman–Crippen LogP) is 1.77. The average Bonchev–Trinajstić information content (AvgIpc) is 2.12. The number of nitrogens with two attached hydrogens (primary N) is 1. The van der Waals surface area contributed by atoms with E-state index >= 15 is 0 Å². The van der Waals surface area contributed by atoms with Crippen LogP contribution >= 0.6 is 0 Å². The molecule has 0 aromatic rings. The fourth-order valence-electron chi connectivity index (χ4n) is 1.46. The molecule has 1 unspecified atom stereocenters. The van der Waals surface area contributed by atoms with Crippen LogP contribution in [0.4, 0.5) is 0 Å². The van der Waals surface area contributed by atoms with Gasteiger partial charge in [-0.3, -0.25) is 0 Å². The Labute approximate surface area is 94.8 Å². The SMILES string of the molecule is COCC(CCCN)NCCC(C)(C)C. The Hall–Kier alpha value is -0.120. The summed E-state index contributed by atoms with van der Waals surface area (Å²) in [5.41, 5.74) is 5.90. The third kappa shape index (κ3) is 10.2. The molecule has 92 valence electrons. The molecule has 0 aromatic carbocycles. The monoisotopic (exact) mass is 216 g/mol. The highest BCUT2D eigenvalue weighted by molar-refractivity contribution is 4.69. The third-order valence-corrected chi connectivity index (χ3v) is 2.43. The normalized spacial score (nSPS) is 14.2. The number of hydrogen-bond donors (Lipinski definition) is 2. The molecular weight excluding hydrogens is 188 g/mol. The zero-order valence-corrected chi connectivity index (χ0v) is 10.8. The number of methoxy groups -OCH3 is 1. The molecule has 3 heteroatoms. The maximum absolute atomic E-state index is 5.50. The Morgan fingerprint density at radius 1 is 1.33 bits per heavy atom. The molecule has 3 nitrogen and oxygen atoms in total. The van der Waals surface area contributed by atoms with Gasteiger partial charge in [0.25, 0.3) is 0 Å². The molecule has 0 amide bonds. The third-order valence-electron chi connectivity index (χ3n) is 2.43. The number of nitrogens with one attached hydrogen (secondary N) is 1. The van der Waals surface area contributed by atoms with E-state index in [0.29, 0.717) is 11.5 Å². The molecule has 15 heavy (non-hydrogen) atoms. The lowest BCUT2D eigenvalue weighted by molar-refractivity contribution is 0.159. The van der Waals surface area contributed by atoms with Crippen LogP contribution in [-0.2, 0) is 4.74 Å². The second-order valence-corrected chi connectivity index (χ2v) is 5.35. The highest BCUT2D eigenvalue weighted by Gasteiger charge is 2.12. The Morgan fingerprint density at radius 2 is 2.00 bits per heavy atom. The van der Waals surface area contributed by atoms with Crippen LogP contribution in [-0.4, -0.2) is 32.8 Å². The Kier molecular flexibility index (Phi) is 8.02. The van der Waals surface area contributed by atoms with Gasteiger partial charge < -0.3 is 15.8 Å². The van der Waals surface area contributed by atoms with Crippen molar-refractivity contribution in [2.24, 2.45) is 11.1 Å². The van der Waals surface area contributed by atoms with Gasteiger partial charge in [0.15, 0.2) is 0 Å². The van der Waals surface area contributed by atoms with E-state index in [0.717, 1.165) is 32.5 Å². The van der Waals surface area contributed by atoms with E-state index in [1.807, 2.05) is 0 Å². The molecule has 3 N–H and O–H groups in total. The van der Waals surface area contributed by atoms with E-state index in [2.05, 4.69) is 26.1 Å². The van der Waals surface area contributed by atoms with Crippen molar-refractivity contribution in [3.63, 3.8) is 0 Å². The van der Waals surface area contributed by atoms with Crippen molar-refractivity contribution in [2.45, 2.75) is 46.1 Å². The van der Waals surface area contributed by atoms with Crippen molar-refractivity contribution >= 4 is 0 Å². The van der Waals surface area contributed by atoms with Crippen LogP contribution in [0.25, 0.3) is 0 Å². The van der Waals surface area contributed by atoms with Gasteiger partial charge in [0.2, 0.25) is 0 Å². The van der Waals surface area contributed by atoms with E-state index in [-0.39, 0.29) is 0 Å². The van der Waals surface area contributed by atoms with Gasteiger partial charge in [0, 0.05) is 13.2 Å². The quantitative estimate of drug-likeness (QED) is 0.650. The van der Waals surface area contributed by atoms with E-state index in [4.69, 9.17) is 10.5 Å². The molecule has 0 aromatic heterocycles. The smallest absolute Gasteiger partial charge is 0.0615 e. The number of hydrogen-bond acceptors (Lipinski definition) is 3. The molecule has 0 heterocycles. The summed E-state index contributed by atoms with van der Waals surface area (Å²) >= 11 is 0. The maximum Gasteiger partial charge on any atom is 0.0615 e. The molecule has 0 aliphatic heterocycles. The van der Waals surface area contributed by atoms with Crippen LogP contribution in [0.1, 0.15) is 40.0 Å². The molecule has 0 spiro atoms. The maximum atomic E-state index is 5.50. The average molecular weight is 216 g/mol. The summed E-state index contributed by atoms with van der Waals surface area (Å²) in [7, 11) is 1.75. The Morgan fingerprint density at radius 3 is 2.47 bits per heavy atom. The Balaban J connectivity index is 3.65. The second-order valence-electron chi connectivity index (χ2n) is 5.35. The van der Waals surface area contributed by atoms with Crippen molar-refractivity contribution in [3.8, 4) is 0 Å². The summed E-state index contributed by atoms with van der Waals surface area (Å²) in [5, 5.41) is 3.53. The van der Waals surface area contributed by atoms with Gasteiger partial charge in [-0.15, -0.1) is 0 Å². The lowest BCUT2D eigenvalue weighted by Gasteiger charge is -2.22. The van der Waals surface area contributed by atoms with Gasteiger partial charge in [-0.05, 0) is 37.8 Å². The second kappa shape index (κ2) is 8.08. The highest BCUT2D eigenvalue weighted by Crippen LogP contribution is 2.17. The van der Waals surface area contributed by atoms with Crippen LogP contribution in [0.5, 0.6) is 0 Å². The van der Waals surface area contributed by atoms with E-state index in [9.17, 15) is 0 Å². The first-order valence-electron chi connectivity index (χ1n) is 5.92. The first-order valence-corrected chi connectivity index (χ1v) is 5.92. The summed E-state index contributed by atoms with van der Waals surface area (Å²) in [4.78, 5) is 0. The van der Waals surface area contributed by atoms with Crippen LogP contribution in [0.15, 0.2) is 0 Å². The summed E-state index contributed by atoms with van der Waals surface area (Å²) in [6, 6.07) is 0.459. The minimum Gasteiger partial charge on any atom is -0.383 e. The van der Waals surface area contributed by atoms with E-state index < -0.39 is 0 Å². The van der Waals surface area contributed by atoms with Gasteiger partial charge >= 0.3 is 0 Å². The first kappa shape index (κ1) is 14.9. The number of ether oxygens (including phenoxy) is 1. The fourth-order valence-corrected chi connectivity index (χ4v) is 1.46. The molecule has 0 aliphatic carbocycles. The molecule has 1 atom stereocenters. The predicted molar refractivity (Wildman–Crippen MR) is 66.0 cm³/mol. The lowest BCUT2D eigenvalue weighted by Crippen LogP contribution is -2.35. The van der Waals surface area contributed by atoms with E-state index in [1.54, 1.807) is 7.11 Å². The summed E-state index contributed by atoms with van der Waals surface area (Å²) < 4.78 is 5.18. The van der Waals surface area contributed by atoms with Gasteiger partial charge in [0.05, 0.1) is 6.61 Å². The first-order chi connectivity index (χ1) is 6.99. The minimum atomic E-state index is 0.401. The molecule has 0 radical (unpaired) electrons. The molecule has 0 rings (SSSR count). The van der Waals surface area contributed by atoms with Gasteiger partial charge in [-0.1, -0.05) is 20.8 Å². The summed E-state index contributed by atoms with van der Waals surface area (Å²) in [6.45, 7) is 9.40. The van der Waals surface area contributed by atoms with Crippen molar-refractivity contribution in [3.05, 3.63) is 0 Å². The molecule has 0 fully saturated rings. The molecule has 0 aliphatic rings. The van der Waals surface area contributed by atoms with Crippen LogP contribution in [0, 0.1) is 5.41 Å².